The standard InChI is InChI=1S/C14H16ClF3N2O/c15-11-4-1-3-10(9-11)13(14(16,17)18)19-12(21)5-8-20-6-2-7-20/h1,3-4,9,13H,2,5-8H2,(H,19,21)/t13-/m0/s1. The molecule has 0 bridgehead atoms. The summed E-state index contributed by atoms with van der Waals surface area (Å²) in [5, 5.41) is 2.26. The monoisotopic (exact) mass is 320 g/mol. The number of nitrogens with zero attached hydrogens (tertiary/aromatic N) is 1. The number of amides is 1. The Labute approximate surface area is 126 Å². The zero-order chi connectivity index (χ0) is 15.5. The molecule has 116 valence electrons. The number of benzene rings is 1. The number of carbonyl (C=O) groups excluding carboxylic acids is 1. The lowest BCUT2D eigenvalue weighted by Crippen LogP contribution is -2.42. The molecule has 1 amide bonds. The number of nitrogens with one attached hydrogen (secondary N) is 1. The molecule has 1 fully saturated rings. The van der Waals surface area contributed by atoms with Crippen LogP contribution in [-0.2, 0) is 4.79 Å². The molecule has 1 saturated heterocycles. The van der Waals surface area contributed by atoms with Gasteiger partial charge in [0.2, 0.25) is 5.91 Å². The molecule has 0 radical (unpaired) electrons. The minimum absolute atomic E-state index is 0.0626. The lowest BCUT2D eigenvalue weighted by atomic mass is 10.1. The second kappa shape index (κ2) is 6.66. The Kier molecular flexibility index (Phi) is 5.11. The predicted molar refractivity (Wildman–Crippen MR) is 74.1 cm³/mol. The molecule has 1 aliphatic rings. The minimum Gasteiger partial charge on any atom is -0.341 e. The van der Waals surface area contributed by atoms with Crippen molar-refractivity contribution in [2.45, 2.75) is 25.1 Å². The number of carbonyl (C=O) groups is 1. The zero-order valence-electron chi connectivity index (χ0n) is 11.3. The molecule has 21 heavy (non-hydrogen) atoms. The molecule has 0 aromatic heterocycles. The van der Waals surface area contributed by atoms with Crippen LogP contribution in [0.3, 0.4) is 0 Å². The van der Waals surface area contributed by atoms with Crippen molar-refractivity contribution in [2.75, 3.05) is 19.6 Å². The van der Waals surface area contributed by atoms with Crippen LogP contribution < -0.4 is 5.32 Å². The van der Waals surface area contributed by atoms with Crippen LogP contribution >= 0.6 is 11.6 Å². The maximum Gasteiger partial charge on any atom is 0.412 e. The molecule has 0 saturated carbocycles. The second-order valence-electron chi connectivity index (χ2n) is 5.04. The van der Waals surface area contributed by atoms with Gasteiger partial charge in [0.25, 0.3) is 0 Å². The highest BCUT2D eigenvalue weighted by atomic mass is 35.5. The van der Waals surface area contributed by atoms with E-state index in [1.807, 2.05) is 4.90 Å². The molecular formula is C14H16ClF3N2O. The first-order valence-corrected chi connectivity index (χ1v) is 7.08. The van der Waals surface area contributed by atoms with E-state index in [1.54, 1.807) is 0 Å². The second-order valence-corrected chi connectivity index (χ2v) is 5.48. The van der Waals surface area contributed by atoms with Crippen molar-refractivity contribution < 1.29 is 18.0 Å². The SMILES string of the molecule is O=C(CCN1CCC1)N[C@@H](c1cccc(Cl)c1)C(F)(F)F. The first kappa shape index (κ1) is 16.1. The summed E-state index contributed by atoms with van der Waals surface area (Å²) in [5.41, 5.74) is -0.0627. The predicted octanol–water partition coefficient (Wildman–Crippen LogP) is 3.16. The van der Waals surface area contributed by atoms with Gasteiger partial charge in [-0.3, -0.25) is 4.79 Å². The van der Waals surface area contributed by atoms with Gasteiger partial charge in [-0.05, 0) is 37.2 Å². The Morgan fingerprint density at radius 1 is 1.38 bits per heavy atom. The fraction of sp³-hybridized carbons (Fsp3) is 0.500. The van der Waals surface area contributed by atoms with Crippen LogP contribution in [0.5, 0.6) is 0 Å². The summed E-state index contributed by atoms with van der Waals surface area (Å²) in [6, 6.07) is 3.42. The maximum absolute atomic E-state index is 13.1. The highest BCUT2D eigenvalue weighted by Crippen LogP contribution is 2.33. The Morgan fingerprint density at radius 2 is 2.10 bits per heavy atom. The summed E-state index contributed by atoms with van der Waals surface area (Å²) < 4.78 is 39.3. The molecule has 1 heterocycles. The largest absolute Gasteiger partial charge is 0.412 e. The molecule has 0 spiro atoms. The number of likely N-dealkylation sites (tertiary alicyclic amines) is 1. The average molecular weight is 321 g/mol. The van der Waals surface area contributed by atoms with Crippen LogP contribution in [0.4, 0.5) is 13.2 Å². The minimum atomic E-state index is -4.56. The summed E-state index contributed by atoms with van der Waals surface area (Å²) in [6.45, 7) is 2.31. The molecule has 1 aromatic carbocycles. The average Bonchev–Trinajstić information content (AvgIpc) is 2.32. The fourth-order valence-electron chi connectivity index (χ4n) is 2.14. The third-order valence-corrected chi connectivity index (χ3v) is 3.65. The van der Waals surface area contributed by atoms with Gasteiger partial charge in [0.05, 0.1) is 0 Å². The van der Waals surface area contributed by atoms with Crippen molar-refractivity contribution in [3.05, 3.63) is 34.9 Å². The van der Waals surface area contributed by atoms with Gasteiger partial charge in [-0.15, -0.1) is 0 Å². The fourth-order valence-corrected chi connectivity index (χ4v) is 2.34. The molecule has 0 aliphatic carbocycles. The van der Waals surface area contributed by atoms with Gasteiger partial charge in [0.1, 0.15) is 0 Å². The van der Waals surface area contributed by atoms with Crippen LogP contribution in [0, 0.1) is 0 Å². The van der Waals surface area contributed by atoms with Gasteiger partial charge in [-0.2, -0.15) is 13.2 Å². The number of hydrogen-bond acceptors (Lipinski definition) is 2. The van der Waals surface area contributed by atoms with E-state index in [4.69, 9.17) is 11.6 Å². The number of hydrogen-bond donors (Lipinski definition) is 1. The van der Waals surface area contributed by atoms with Gasteiger partial charge in [0, 0.05) is 18.0 Å². The molecule has 2 rings (SSSR count). The smallest absolute Gasteiger partial charge is 0.341 e. The third-order valence-electron chi connectivity index (χ3n) is 3.42. The van der Waals surface area contributed by atoms with Crippen molar-refractivity contribution >= 4 is 17.5 Å². The van der Waals surface area contributed by atoms with Crippen LogP contribution in [0.15, 0.2) is 24.3 Å². The number of alkyl halides is 3. The summed E-state index contributed by atoms with van der Waals surface area (Å²) >= 11 is 5.72. The first-order valence-electron chi connectivity index (χ1n) is 6.70. The van der Waals surface area contributed by atoms with Crippen LogP contribution in [-0.4, -0.2) is 36.6 Å². The highest BCUT2D eigenvalue weighted by molar-refractivity contribution is 6.30. The Hall–Kier alpha value is -1.27. The quantitative estimate of drug-likeness (QED) is 0.904. The van der Waals surface area contributed by atoms with E-state index in [0.717, 1.165) is 19.5 Å². The van der Waals surface area contributed by atoms with E-state index in [1.165, 1.54) is 24.3 Å². The topological polar surface area (TPSA) is 32.3 Å². The van der Waals surface area contributed by atoms with Crippen LogP contribution in [0.2, 0.25) is 5.02 Å². The molecule has 7 heteroatoms. The number of halogens is 4. The summed E-state index contributed by atoms with van der Waals surface area (Å²) in [7, 11) is 0. The maximum atomic E-state index is 13.1. The van der Waals surface area contributed by atoms with E-state index in [9.17, 15) is 18.0 Å². The van der Waals surface area contributed by atoms with Gasteiger partial charge in [-0.1, -0.05) is 23.7 Å². The van der Waals surface area contributed by atoms with Gasteiger partial charge >= 0.3 is 6.18 Å². The van der Waals surface area contributed by atoms with Gasteiger partial charge in [0.15, 0.2) is 6.04 Å². The number of rotatable bonds is 5. The van der Waals surface area contributed by atoms with Crippen molar-refractivity contribution in [3.8, 4) is 0 Å². The molecule has 3 nitrogen and oxygen atoms in total. The molecular weight excluding hydrogens is 305 g/mol. The molecule has 1 aliphatic heterocycles. The van der Waals surface area contributed by atoms with Crippen LogP contribution in [0.25, 0.3) is 0 Å². The van der Waals surface area contributed by atoms with E-state index in [-0.39, 0.29) is 17.0 Å². The summed E-state index contributed by atoms with van der Waals surface area (Å²) in [5.74, 6) is -0.607. The van der Waals surface area contributed by atoms with Crippen molar-refractivity contribution in [1.29, 1.82) is 0 Å². The molecule has 0 unspecified atom stereocenters. The summed E-state index contributed by atoms with van der Waals surface area (Å²) in [4.78, 5) is 13.8. The highest BCUT2D eigenvalue weighted by Gasteiger charge is 2.41. The normalized spacial score (nSPS) is 17.1. The summed E-state index contributed by atoms with van der Waals surface area (Å²) in [6.07, 6.45) is -3.42. The molecule has 1 aromatic rings. The first-order chi connectivity index (χ1) is 9.86. The van der Waals surface area contributed by atoms with Crippen molar-refractivity contribution in [3.63, 3.8) is 0 Å². The van der Waals surface area contributed by atoms with Crippen LogP contribution in [0.1, 0.15) is 24.4 Å². The van der Waals surface area contributed by atoms with E-state index in [0.29, 0.717) is 6.54 Å². The lowest BCUT2D eigenvalue weighted by molar-refractivity contribution is -0.163. The zero-order valence-corrected chi connectivity index (χ0v) is 12.0. The van der Waals surface area contributed by atoms with E-state index >= 15 is 0 Å². The Bertz CT molecular complexity index is 503. The molecule has 1 atom stereocenters. The van der Waals surface area contributed by atoms with E-state index in [2.05, 4.69) is 5.32 Å². The Morgan fingerprint density at radius 3 is 2.62 bits per heavy atom. The van der Waals surface area contributed by atoms with Gasteiger partial charge in [-0.25, -0.2) is 0 Å². The third kappa shape index (κ3) is 4.61. The van der Waals surface area contributed by atoms with Gasteiger partial charge < -0.3 is 10.2 Å². The van der Waals surface area contributed by atoms with Crippen molar-refractivity contribution in [1.82, 2.24) is 10.2 Å². The van der Waals surface area contributed by atoms with Crippen molar-refractivity contribution in [2.24, 2.45) is 0 Å². The Balaban J connectivity index is 2.01. The molecule has 1 N–H and O–H groups in total. The van der Waals surface area contributed by atoms with E-state index < -0.39 is 18.1 Å². The lowest BCUT2D eigenvalue weighted by Gasteiger charge is -2.30.